The van der Waals surface area contributed by atoms with Gasteiger partial charge in [0, 0.05) is 10.7 Å². The van der Waals surface area contributed by atoms with Gasteiger partial charge in [-0.05, 0) is 42.5 Å². The standard InChI is InChI=1S/C14H13ClN2O3/c1-20-11-5-3-10(4-6-11)16-14(19)17-12-8-9(15)2-7-13(12)18/h2-8,18H,1H3,(H2,16,17,19). The van der Waals surface area contributed by atoms with Crippen molar-refractivity contribution in [3.05, 3.63) is 47.5 Å². The van der Waals surface area contributed by atoms with Crippen molar-refractivity contribution in [1.29, 1.82) is 0 Å². The molecule has 0 aromatic heterocycles. The summed E-state index contributed by atoms with van der Waals surface area (Å²) >= 11 is 5.80. The minimum absolute atomic E-state index is 0.0562. The summed E-state index contributed by atoms with van der Waals surface area (Å²) < 4.78 is 5.02. The van der Waals surface area contributed by atoms with Crippen molar-refractivity contribution in [2.75, 3.05) is 17.7 Å². The molecule has 0 bridgehead atoms. The molecule has 0 aliphatic rings. The van der Waals surface area contributed by atoms with E-state index in [1.54, 1.807) is 31.4 Å². The lowest BCUT2D eigenvalue weighted by atomic mass is 10.3. The Morgan fingerprint density at radius 1 is 1.15 bits per heavy atom. The molecule has 0 saturated carbocycles. The van der Waals surface area contributed by atoms with Crippen LogP contribution in [-0.2, 0) is 0 Å². The summed E-state index contributed by atoms with van der Waals surface area (Å²) in [5.41, 5.74) is 0.841. The number of benzene rings is 2. The number of hydrogen-bond acceptors (Lipinski definition) is 3. The Kier molecular flexibility index (Phi) is 4.32. The molecule has 2 aromatic rings. The Morgan fingerprint density at radius 3 is 2.50 bits per heavy atom. The molecule has 0 atom stereocenters. The van der Waals surface area contributed by atoms with Crippen molar-refractivity contribution < 1.29 is 14.6 Å². The fourth-order valence-corrected chi connectivity index (χ4v) is 1.74. The van der Waals surface area contributed by atoms with Crippen molar-refractivity contribution in [3.63, 3.8) is 0 Å². The number of nitrogens with one attached hydrogen (secondary N) is 2. The number of aromatic hydroxyl groups is 1. The first-order valence-corrected chi connectivity index (χ1v) is 6.17. The van der Waals surface area contributed by atoms with Crippen LogP contribution >= 0.6 is 11.6 Å². The zero-order valence-corrected chi connectivity index (χ0v) is 11.4. The predicted molar refractivity (Wildman–Crippen MR) is 78.8 cm³/mol. The van der Waals surface area contributed by atoms with E-state index in [1.807, 2.05) is 0 Å². The lowest BCUT2D eigenvalue weighted by Gasteiger charge is -2.09. The number of ether oxygens (including phenoxy) is 1. The molecular weight excluding hydrogens is 280 g/mol. The number of amides is 2. The second kappa shape index (κ2) is 6.16. The topological polar surface area (TPSA) is 70.6 Å². The fourth-order valence-electron chi connectivity index (χ4n) is 1.57. The van der Waals surface area contributed by atoms with Crippen LogP contribution < -0.4 is 15.4 Å². The number of phenolic OH excluding ortho intramolecular Hbond substituents is 1. The summed E-state index contributed by atoms with van der Waals surface area (Å²) in [6.07, 6.45) is 0. The van der Waals surface area contributed by atoms with Gasteiger partial charge in [0.15, 0.2) is 0 Å². The molecule has 0 radical (unpaired) electrons. The van der Waals surface area contributed by atoms with Gasteiger partial charge >= 0.3 is 6.03 Å². The number of carbonyl (C=O) groups is 1. The molecule has 0 saturated heterocycles. The summed E-state index contributed by atoms with van der Waals surface area (Å²) in [5, 5.41) is 15.2. The highest BCUT2D eigenvalue weighted by Gasteiger charge is 2.07. The number of phenols is 1. The fraction of sp³-hybridized carbons (Fsp3) is 0.0714. The van der Waals surface area contributed by atoms with E-state index in [9.17, 15) is 9.90 Å². The van der Waals surface area contributed by atoms with Crippen molar-refractivity contribution >= 4 is 29.0 Å². The molecule has 5 nitrogen and oxygen atoms in total. The third-order valence-electron chi connectivity index (χ3n) is 2.55. The number of halogens is 1. The Bertz CT molecular complexity index is 614. The minimum Gasteiger partial charge on any atom is -0.506 e. The van der Waals surface area contributed by atoms with Crippen LogP contribution in [0.2, 0.25) is 5.02 Å². The third kappa shape index (κ3) is 3.55. The molecule has 3 N–H and O–H groups in total. The maximum atomic E-state index is 11.8. The second-order valence-electron chi connectivity index (χ2n) is 3.97. The van der Waals surface area contributed by atoms with E-state index in [0.29, 0.717) is 16.5 Å². The van der Waals surface area contributed by atoms with Crippen molar-refractivity contribution in [2.45, 2.75) is 0 Å². The first-order valence-electron chi connectivity index (χ1n) is 5.79. The second-order valence-corrected chi connectivity index (χ2v) is 4.41. The number of urea groups is 1. The average molecular weight is 293 g/mol. The molecule has 0 unspecified atom stereocenters. The molecule has 0 fully saturated rings. The molecule has 2 rings (SSSR count). The summed E-state index contributed by atoms with van der Waals surface area (Å²) in [4.78, 5) is 11.8. The maximum Gasteiger partial charge on any atom is 0.323 e. The van der Waals surface area contributed by atoms with Gasteiger partial charge in [-0.15, -0.1) is 0 Å². The van der Waals surface area contributed by atoms with Gasteiger partial charge in [0.25, 0.3) is 0 Å². The zero-order valence-electron chi connectivity index (χ0n) is 10.7. The molecule has 2 aromatic carbocycles. The normalized spacial score (nSPS) is 9.90. The van der Waals surface area contributed by atoms with E-state index in [4.69, 9.17) is 16.3 Å². The molecule has 0 aliphatic heterocycles. The van der Waals surface area contributed by atoms with E-state index in [-0.39, 0.29) is 11.4 Å². The Labute approximate surface area is 121 Å². The number of hydrogen-bond donors (Lipinski definition) is 3. The molecule has 20 heavy (non-hydrogen) atoms. The van der Waals surface area contributed by atoms with Crippen LogP contribution in [0.3, 0.4) is 0 Å². The van der Waals surface area contributed by atoms with Crippen molar-refractivity contribution in [3.8, 4) is 11.5 Å². The van der Waals surface area contributed by atoms with Crippen LogP contribution in [0, 0.1) is 0 Å². The molecule has 0 spiro atoms. The lowest BCUT2D eigenvalue weighted by Crippen LogP contribution is -2.19. The van der Waals surface area contributed by atoms with Gasteiger partial charge in [0.2, 0.25) is 0 Å². The van der Waals surface area contributed by atoms with Gasteiger partial charge in [0.05, 0.1) is 12.8 Å². The highest BCUT2D eigenvalue weighted by molar-refractivity contribution is 6.31. The molecular formula is C14H13ClN2O3. The highest BCUT2D eigenvalue weighted by Crippen LogP contribution is 2.26. The summed E-state index contributed by atoms with van der Waals surface area (Å²) in [5.74, 6) is 0.641. The van der Waals surface area contributed by atoms with Gasteiger partial charge in [-0.2, -0.15) is 0 Å². The van der Waals surface area contributed by atoms with Crippen LogP contribution in [0.25, 0.3) is 0 Å². The summed E-state index contributed by atoms with van der Waals surface area (Å²) in [6.45, 7) is 0. The number of carbonyl (C=O) groups excluding carboxylic acids is 1. The molecule has 6 heteroatoms. The smallest absolute Gasteiger partial charge is 0.323 e. The Hall–Kier alpha value is -2.40. The summed E-state index contributed by atoms with van der Waals surface area (Å²) in [7, 11) is 1.57. The predicted octanol–water partition coefficient (Wildman–Crippen LogP) is 3.70. The zero-order chi connectivity index (χ0) is 14.5. The third-order valence-corrected chi connectivity index (χ3v) is 2.79. The molecule has 104 valence electrons. The maximum absolute atomic E-state index is 11.8. The minimum atomic E-state index is -0.479. The SMILES string of the molecule is COc1ccc(NC(=O)Nc2cc(Cl)ccc2O)cc1. The van der Waals surface area contributed by atoms with E-state index in [2.05, 4.69) is 10.6 Å². The van der Waals surface area contributed by atoms with Crippen LogP contribution in [0.15, 0.2) is 42.5 Å². The average Bonchev–Trinajstić information content (AvgIpc) is 2.43. The van der Waals surface area contributed by atoms with Crippen molar-refractivity contribution in [1.82, 2.24) is 0 Å². The van der Waals surface area contributed by atoms with Crippen molar-refractivity contribution in [2.24, 2.45) is 0 Å². The monoisotopic (exact) mass is 292 g/mol. The highest BCUT2D eigenvalue weighted by atomic mass is 35.5. The Morgan fingerprint density at radius 2 is 1.85 bits per heavy atom. The van der Waals surface area contributed by atoms with E-state index < -0.39 is 6.03 Å². The van der Waals surface area contributed by atoms with Gasteiger partial charge in [0.1, 0.15) is 11.5 Å². The molecule has 0 heterocycles. The molecule has 0 aliphatic carbocycles. The van der Waals surface area contributed by atoms with Gasteiger partial charge in [-0.1, -0.05) is 11.6 Å². The first-order chi connectivity index (χ1) is 9.58. The first kappa shape index (κ1) is 14.0. The van der Waals surface area contributed by atoms with E-state index in [1.165, 1.54) is 18.2 Å². The number of rotatable bonds is 3. The van der Waals surface area contributed by atoms with Crippen LogP contribution in [-0.4, -0.2) is 18.2 Å². The van der Waals surface area contributed by atoms with Crippen LogP contribution in [0.4, 0.5) is 16.2 Å². The molecule has 2 amide bonds. The van der Waals surface area contributed by atoms with Crippen LogP contribution in [0.5, 0.6) is 11.5 Å². The van der Waals surface area contributed by atoms with Gasteiger partial charge in [-0.25, -0.2) is 4.79 Å². The lowest BCUT2D eigenvalue weighted by molar-refractivity contribution is 0.262. The number of methoxy groups -OCH3 is 1. The largest absolute Gasteiger partial charge is 0.506 e. The number of anilines is 2. The van der Waals surface area contributed by atoms with E-state index >= 15 is 0 Å². The van der Waals surface area contributed by atoms with Gasteiger partial charge < -0.3 is 20.5 Å². The van der Waals surface area contributed by atoms with E-state index in [0.717, 1.165) is 0 Å². The quantitative estimate of drug-likeness (QED) is 0.755. The summed E-state index contributed by atoms with van der Waals surface area (Å²) in [6, 6.07) is 10.8. The van der Waals surface area contributed by atoms with Gasteiger partial charge in [-0.3, -0.25) is 0 Å². The Balaban J connectivity index is 2.03. The van der Waals surface area contributed by atoms with Crippen LogP contribution in [0.1, 0.15) is 0 Å².